The number of fused-ring (bicyclic) bond motifs is 1. The summed E-state index contributed by atoms with van der Waals surface area (Å²) >= 11 is 1.72. The standard InChI is InChI=1S/C18H24N2O3S/c1-13-5-4-6-14(11-13)23-10-9-19(3)17(22)15-12-24-18(2)8-7-16(21)20(15)18/h4-6,11,15H,7-10,12H2,1-3H3/t15-,18+/m0/s1. The van der Waals surface area contributed by atoms with Gasteiger partial charge in [-0.05, 0) is 38.0 Å². The van der Waals surface area contributed by atoms with Crippen LogP contribution in [0.3, 0.4) is 0 Å². The molecule has 0 N–H and O–H groups in total. The molecule has 6 heteroatoms. The first-order valence-corrected chi connectivity index (χ1v) is 9.30. The predicted molar refractivity (Wildman–Crippen MR) is 95.0 cm³/mol. The maximum Gasteiger partial charge on any atom is 0.246 e. The van der Waals surface area contributed by atoms with Gasteiger partial charge in [0.1, 0.15) is 18.4 Å². The van der Waals surface area contributed by atoms with Gasteiger partial charge in [0.2, 0.25) is 11.8 Å². The summed E-state index contributed by atoms with van der Waals surface area (Å²) in [6.45, 7) is 5.03. The minimum Gasteiger partial charge on any atom is -0.492 e. The van der Waals surface area contributed by atoms with E-state index in [1.807, 2.05) is 31.2 Å². The van der Waals surface area contributed by atoms with E-state index in [0.717, 1.165) is 17.7 Å². The van der Waals surface area contributed by atoms with Crippen LogP contribution < -0.4 is 4.74 Å². The lowest BCUT2D eigenvalue weighted by Crippen LogP contribution is -2.51. The number of carbonyl (C=O) groups is 2. The van der Waals surface area contributed by atoms with E-state index in [4.69, 9.17) is 4.74 Å². The summed E-state index contributed by atoms with van der Waals surface area (Å²) in [5.74, 6) is 1.61. The minimum absolute atomic E-state index is 0.00863. The molecule has 1 aromatic carbocycles. The topological polar surface area (TPSA) is 49.9 Å². The molecule has 24 heavy (non-hydrogen) atoms. The molecule has 0 unspecified atom stereocenters. The van der Waals surface area contributed by atoms with Gasteiger partial charge in [0, 0.05) is 19.2 Å². The molecule has 0 radical (unpaired) electrons. The molecule has 0 spiro atoms. The lowest BCUT2D eigenvalue weighted by atomic mass is 10.2. The van der Waals surface area contributed by atoms with Crippen LogP contribution in [-0.4, -0.2) is 58.5 Å². The molecule has 5 nitrogen and oxygen atoms in total. The van der Waals surface area contributed by atoms with Gasteiger partial charge in [-0.3, -0.25) is 9.59 Å². The molecule has 2 aliphatic heterocycles. The summed E-state index contributed by atoms with van der Waals surface area (Å²) in [5.41, 5.74) is 1.15. The van der Waals surface area contributed by atoms with Crippen molar-refractivity contribution >= 4 is 23.6 Å². The van der Waals surface area contributed by atoms with Crippen LogP contribution in [0.4, 0.5) is 0 Å². The zero-order chi connectivity index (χ0) is 17.3. The Morgan fingerprint density at radius 2 is 2.29 bits per heavy atom. The summed E-state index contributed by atoms with van der Waals surface area (Å²) in [6.07, 6.45) is 1.38. The number of ether oxygens (including phenoxy) is 1. The number of likely N-dealkylation sites (N-methyl/N-ethyl adjacent to an activating group) is 1. The fourth-order valence-electron chi connectivity index (χ4n) is 3.37. The van der Waals surface area contributed by atoms with Gasteiger partial charge in [-0.2, -0.15) is 0 Å². The number of amides is 2. The third kappa shape index (κ3) is 3.24. The van der Waals surface area contributed by atoms with Crippen LogP contribution in [0.15, 0.2) is 24.3 Å². The van der Waals surface area contributed by atoms with Crippen LogP contribution in [0.1, 0.15) is 25.3 Å². The Kier molecular flexibility index (Phi) is 4.76. The van der Waals surface area contributed by atoms with E-state index in [1.165, 1.54) is 0 Å². The van der Waals surface area contributed by atoms with Gasteiger partial charge in [-0.1, -0.05) is 12.1 Å². The van der Waals surface area contributed by atoms with Crippen LogP contribution in [0.5, 0.6) is 5.75 Å². The Balaban J connectivity index is 1.54. The molecule has 2 saturated heterocycles. The molecular weight excluding hydrogens is 324 g/mol. The maximum atomic E-state index is 12.7. The normalized spacial score (nSPS) is 25.7. The number of benzene rings is 1. The third-order valence-corrected chi connectivity index (χ3v) is 6.30. The zero-order valence-corrected chi connectivity index (χ0v) is 15.3. The molecular formula is C18H24N2O3S. The number of rotatable bonds is 5. The zero-order valence-electron chi connectivity index (χ0n) is 14.4. The molecule has 2 fully saturated rings. The Morgan fingerprint density at radius 3 is 3.04 bits per heavy atom. The second-order valence-corrected chi connectivity index (χ2v) is 8.19. The van der Waals surface area contributed by atoms with Crippen molar-refractivity contribution in [2.24, 2.45) is 0 Å². The summed E-state index contributed by atoms with van der Waals surface area (Å²) in [7, 11) is 1.78. The molecule has 2 aliphatic rings. The van der Waals surface area contributed by atoms with E-state index in [9.17, 15) is 9.59 Å². The first-order chi connectivity index (χ1) is 11.4. The number of aryl methyl sites for hydroxylation is 1. The molecule has 3 rings (SSSR count). The van der Waals surface area contributed by atoms with Crippen LogP contribution in [0, 0.1) is 6.92 Å². The summed E-state index contributed by atoms with van der Waals surface area (Å²) in [5, 5.41) is 0. The van der Waals surface area contributed by atoms with Crippen molar-refractivity contribution in [3.8, 4) is 5.75 Å². The van der Waals surface area contributed by atoms with Crippen molar-refractivity contribution in [1.82, 2.24) is 9.80 Å². The van der Waals surface area contributed by atoms with Crippen LogP contribution >= 0.6 is 11.8 Å². The van der Waals surface area contributed by atoms with E-state index in [0.29, 0.717) is 25.3 Å². The van der Waals surface area contributed by atoms with Crippen molar-refractivity contribution < 1.29 is 14.3 Å². The molecule has 0 bridgehead atoms. The van der Waals surface area contributed by atoms with Crippen molar-refractivity contribution in [3.63, 3.8) is 0 Å². The van der Waals surface area contributed by atoms with Crippen molar-refractivity contribution in [1.29, 1.82) is 0 Å². The second-order valence-electron chi connectivity index (χ2n) is 6.69. The molecule has 1 aromatic rings. The molecule has 0 saturated carbocycles. The second kappa shape index (κ2) is 6.67. The maximum absolute atomic E-state index is 12.7. The highest BCUT2D eigenvalue weighted by Crippen LogP contribution is 2.47. The minimum atomic E-state index is -0.334. The first kappa shape index (κ1) is 17.1. The van der Waals surface area contributed by atoms with Gasteiger partial charge in [-0.15, -0.1) is 11.8 Å². The number of hydrogen-bond donors (Lipinski definition) is 0. The van der Waals surface area contributed by atoms with Crippen LogP contribution in [-0.2, 0) is 9.59 Å². The number of nitrogens with zero attached hydrogens (tertiary/aromatic N) is 2. The largest absolute Gasteiger partial charge is 0.492 e. The van der Waals surface area contributed by atoms with Gasteiger partial charge in [0.25, 0.3) is 0 Å². The Bertz CT molecular complexity index is 651. The molecule has 0 aromatic heterocycles. The summed E-state index contributed by atoms with van der Waals surface area (Å²) in [4.78, 5) is 28.2. The van der Waals surface area contributed by atoms with Crippen molar-refractivity contribution in [2.45, 2.75) is 37.6 Å². The van der Waals surface area contributed by atoms with Crippen molar-refractivity contribution in [2.75, 3.05) is 26.0 Å². The average molecular weight is 348 g/mol. The van der Waals surface area contributed by atoms with Crippen molar-refractivity contribution in [3.05, 3.63) is 29.8 Å². The van der Waals surface area contributed by atoms with E-state index in [1.54, 1.807) is 28.6 Å². The van der Waals surface area contributed by atoms with Gasteiger partial charge < -0.3 is 14.5 Å². The van der Waals surface area contributed by atoms with Gasteiger partial charge in [0.05, 0.1) is 11.4 Å². The van der Waals surface area contributed by atoms with Gasteiger partial charge >= 0.3 is 0 Å². The molecule has 2 heterocycles. The predicted octanol–water partition coefficient (Wildman–Crippen LogP) is 2.29. The monoisotopic (exact) mass is 348 g/mol. The Morgan fingerprint density at radius 1 is 1.50 bits per heavy atom. The number of hydrogen-bond acceptors (Lipinski definition) is 4. The lowest BCUT2D eigenvalue weighted by molar-refractivity contribution is -0.143. The smallest absolute Gasteiger partial charge is 0.246 e. The number of carbonyl (C=O) groups excluding carboxylic acids is 2. The summed E-state index contributed by atoms with van der Waals surface area (Å²) in [6, 6.07) is 7.53. The van der Waals surface area contributed by atoms with Crippen LogP contribution in [0.25, 0.3) is 0 Å². The molecule has 130 valence electrons. The highest BCUT2D eigenvalue weighted by atomic mass is 32.2. The highest BCUT2D eigenvalue weighted by Gasteiger charge is 2.53. The third-order valence-electron chi connectivity index (χ3n) is 4.79. The number of thioether (sulfide) groups is 1. The Hall–Kier alpha value is -1.69. The Labute approximate surface area is 147 Å². The van der Waals surface area contributed by atoms with E-state index < -0.39 is 0 Å². The van der Waals surface area contributed by atoms with E-state index >= 15 is 0 Å². The van der Waals surface area contributed by atoms with Crippen LogP contribution in [0.2, 0.25) is 0 Å². The molecule has 0 aliphatic carbocycles. The molecule has 2 amide bonds. The molecule has 2 atom stereocenters. The fourth-order valence-corrected chi connectivity index (χ4v) is 4.80. The lowest BCUT2D eigenvalue weighted by Gasteiger charge is -2.31. The fraction of sp³-hybridized carbons (Fsp3) is 0.556. The summed E-state index contributed by atoms with van der Waals surface area (Å²) < 4.78 is 5.72. The average Bonchev–Trinajstić information content (AvgIpc) is 3.03. The van der Waals surface area contributed by atoms with Gasteiger partial charge in [-0.25, -0.2) is 0 Å². The SMILES string of the molecule is Cc1cccc(OCCN(C)C(=O)[C@@H]2CS[C@]3(C)CCC(=O)N23)c1. The van der Waals surface area contributed by atoms with Gasteiger partial charge in [0.15, 0.2) is 0 Å². The van der Waals surface area contributed by atoms with E-state index in [2.05, 4.69) is 6.92 Å². The first-order valence-electron chi connectivity index (χ1n) is 8.31. The van der Waals surface area contributed by atoms with E-state index in [-0.39, 0.29) is 22.7 Å². The quantitative estimate of drug-likeness (QED) is 0.819. The highest BCUT2D eigenvalue weighted by molar-refractivity contribution is 8.01.